The van der Waals surface area contributed by atoms with Crippen LogP contribution in [0.3, 0.4) is 0 Å². The summed E-state index contributed by atoms with van der Waals surface area (Å²) in [4.78, 5) is 1.88. The monoisotopic (exact) mass is 219 g/mol. The summed E-state index contributed by atoms with van der Waals surface area (Å²) in [5.74, 6) is 0.242. The van der Waals surface area contributed by atoms with Crippen LogP contribution in [0, 0.1) is 5.92 Å². The summed E-state index contributed by atoms with van der Waals surface area (Å²) in [6.07, 6.45) is 2.38. The van der Waals surface area contributed by atoms with E-state index in [0.29, 0.717) is 0 Å². The Morgan fingerprint density at radius 2 is 2.00 bits per heavy atom. The Morgan fingerprint density at radius 3 is 2.60 bits per heavy atom. The highest BCUT2D eigenvalue weighted by molar-refractivity contribution is 4.91. The molecule has 3 atom stereocenters. The van der Waals surface area contributed by atoms with E-state index in [1.54, 1.807) is 0 Å². The largest absolute Gasteiger partial charge is 0.393 e. The molecule has 1 saturated carbocycles. The van der Waals surface area contributed by atoms with Crippen molar-refractivity contribution in [3.05, 3.63) is 0 Å². The van der Waals surface area contributed by atoms with Crippen LogP contribution in [0.4, 0.5) is 8.78 Å². The highest BCUT2D eigenvalue weighted by atomic mass is 19.3. The van der Waals surface area contributed by atoms with E-state index in [0.717, 1.165) is 38.6 Å². The zero-order valence-corrected chi connectivity index (χ0v) is 8.91. The van der Waals surface area contributed by atoms with E-state index >= 15 is 0 Å². The summed E-state index contributed by atoms with van der Waals surface area (Å²) in [5, 5.41) is 9.79. The molecule has 1 aliphatic carbocycles. The Balaban J connectivity index is 1.94. The molecule has 0 aromatic carbocycles. The quantitative estimate of drug-likeness (QED) is 0.783. The Kier molecular flexibility index (Phi) is 3.57. The van der Waals surface area contributed by atoms with E-state index < -0.39 is 6.43 Å². The molecule has 0 aromatic heterocycles. The molecule has 0 bridgehead atoms. The number of alkyl halides is 2. The van der Waals surface area contributed by atoms with Crippen molar-refractivity contribution in [3.63, 3.8) is 0 Å². The van der Waals surface area contributed by atoms with Crippen molar-refractivity contribution in [1.82, 2.24) is 4.90 Å². The molecular formula is C11H19F2NO. The fraction of sp³-hybridized carbons (Fsp3) is 1.00. The van der Waals surface area contributed by atoms with Gasteiger partial charge in [0.15, 0.2) is 0 Å². The Morgan fingerprint density at radius 1 is 1.20 bits per heavy atom. The lowest BCUT2D eigenvalue weighted by molar-refractivity contribution is 0.0374. The number of aliphatic hydroxyl groups excluding tert-OH is 1. The first-order chi connectivity index (χ1) is 7.18. The van der Waals surface area contributed by atoms with Gasteiger partial charge in [0.2, 0.25) is 0 Å². The molecule has 1 saturated heterocycles. The SMILES string of the molecule is OC1CCCC1C1CCCN1CC(F)F. The van der Waals surface area contributed by atoms with Crippen molar-refractivity contribution < 1.29 is 13.9 Å². The second-order valence-corrected chi connectivity index (χ2v) is 4.76. The molecule has 88 valence electrons. The van der Waals surface area contributed by atoms with Crippen molar-refractivity contribution in [2.24, 2.45) is 5.92 Å². The van der Waals surface area contributed by atoms with Gasteiger partial charge in [0, 0.05) is 12.0 Å². The predicted molar refractivity (Wildman–Crippen MR) is 53.9 cm³/mol. The van der Waals surface area contributed by atoms with Gasteiger partial charge in [-0.25, -0.2) is 8.78 Å². The van der Waals surface area contributed by atoms with E-state index in [2.05, 4.69) is 0 Å². The zero-order chi connectivity index (χ0) is 10.8. The van der Waals surface area contributed by atoms with Crippen molar-refractivity contribution in [3.8, 4) is 0 Å². The van der Waals surface area contributed by atoms with Crippen LogP contribution in [0.25, 0.3) is 0 Å². The van der Waals surface area contributed by atoms with Gasteiger partial charge in [-0.3, -0.25) is 4.90 Å². The molecule has 1 N–H and O–H groups in total. The molecule has 1 aliphatic heterocycles. The zero-order valence-electron chi connectivity index (χ0n) is 8.91. The van der Waals surface area contributed by atoms with Crippen LogP contribution in [0.2, 0.25) is 0 Å². The number of halogens is 2. The molecule has 0 spiro atoms. The number of hydrogen-bond acceptors (Lipinski definition) is 2. The lowest BCUT2D eigenvalue weighted by Gasteiger charge is -2.30. The van der Waals surface area contributed by atoms with Crippen LogP contribution in [0.15, 0.2) is 0 Å². The summed E-state index contributed by atoms with van der Waals surface area (Å²) >= 11 is 0. The first-order valence-corrected chi connectivity index (χ1v) is 5.88. The maximum Gasteiger partial charge on any atom is 0.251 e. The fourth-order valence-electron chi connectivity index (χ4n) is 3.16. The highest BCUT2D eigenvalue weighted by Crippen LogP contribution is 2.35. The van der Waals surface area contributed by atoms with E-state index in [-0.39, 0.29) is 24.6 Å². The van der Waals surface area contributed by atoms with Crippen LogP contribution in [-0.4, -0.2) is 41.7 Å². The lowest BCUT2D eigenvalue weighted by atomic mass is 9.94. The Bertz CT molecular complexity index is 213. The van der Waals surface area contributed by atoms with Crippen LogP contribution in [0.5, 0.6) is 0 Å². The third-order valence-electron chi connectivity index (χ3n) is 3.81. The van der Waals surface area contributed by atoms with Gasteiger partial charge in [-0.1, -0.05) is 6.42 Å². The molecule has 2 fully saturated rings. The molecule has 0 amide bonds. The number of aliphatic hydroxyl groups is 1. The maximum absolute atomic E-state index is 12.3. The summed E-state index contributed by atoms with van der Waals surface area (Å²) in [6.45, 7) is 0.659. The molecule has 3 unspecified atom stereocenters. The topological polar surface area (TPSA) is 23.5 Å². The highest BCUT2D eigenvalue weighted by Gasteiger charge is 2.38. The summed E-state index contributed by atoms with van der Waals surface area (Å²) in [7, 11) is 0. The second kappa shape index (κ2) is 4.74. The minimum Gasteiger partial charge on any atom is -0.393 e. The van der Waals surface area contributed by atoms with E-state index in [1.807, 2.05) is 4.90 Å². The van der Waals surface area contributed by atoms with Crippen LogP contribution >= 0.6 is 0 Å². The minimum absolute atomic E-state index is 0.117. The van der Waals surface area contributed by atoms with E-state index in [9.17, 15) is 13.9 Å². The maximum atomic E-state index is 12.3. The van der Waals surface area contributed by atoms with Gasteiger partial charge in [0.1, 0.15) is 0 Å². The summed E-state index contributed by atoms with van der Waals surface area (Å²) in [5.41, 5.74) is 0. The van der Waals surface area contributed by atoms with E-state index in [1.165, 1.54) is 0 Å². The minimum atomic E-state index is -2.25. The molecule has 0 aromatic rings. The molecule has 1 heterocycles. The van der Waals surface area contributed by atoms with Gasteiger partial charge in [0.05, 0.1) is 12.6 Å². The van der Waals surface area contributed by atoms with E-state index in [4.69, 9.17) is 0 Å². The van der Waals surface area contributed by atoms with Gasteiger partial charge < -0.3 is 5.11 Å². The molecule has 2 rings (SSSR count). The number of hydrogen-bond donors (Lipinski definition) is 1. The normalized spacial score (nSPS) is 38.0. The Labute approximate surface area is 89.3 Å². The average Bonchev–Trinajstić information content (AvgIpc) is 2.73. The standard InChI is InChI=1S/C11H19F2NO/c12-11(13)7-14-6-2-4-9(14)8-3-1-5-10(8)15/h8-11,15H,1-7H2. The Hall–Kier alpha value is -0.220. The number of likely N-dealkylation sites (tertiary alicyclic amines) is 1. The van der Waals surface area contributed by atoms with Crippen LogP contribution < -0.4 is 0 Å². The van der Waals surface area contributed by atoms with Gasteiger partial charge in [-0.15, -0.1) is 0 Å². The molecule has 15 heavy (non-hydrogen) atoms. The van der Waals surface area contributed by atoms with Crippen LogP contribution in [-0.2, 0) is 0 Å². The molecular weight excluding hydrogens is 200 g/mol. The average molecular weight is 219 g/mol. The van der Waals surface area contributed by atoms with Crippen molar-refractivity contribution in [1.29, 1.82) is 0 Å². The van der Waals surface area contributed by atoms with Gasteiger partial charge in [-0.2, -0.15) is 0 Å². The third kappa shape index (κ3) is 2.48. The summed E-state index contributed by atoms with van der Waals surface area (Å²) < 4.78 is 24.7. The van der Waals surface area contributed by atoms with Crippen LogP contribution in [0.1, 0.15) is 32.1 Å². The molecule has 4 heteroatoms. The van der Waals surface area contributed by atoms with Gasteiger partial charge >= 0.3 is 0 Å². The second-order valence-electron chi connectivity index (χ2n) is 4.76. The fourth-order valence-corrected chi connectivity index (χ4v) is 3.16. The first kappa shape index (κ1) is 11.3. The van der Waals surface area contributed by atoms with Crippen molar-refractivity contribution >= 4 is 0 Å². The molecule has 2 nitrogen and oxygen atoms in total. The molecule has 0 radical (unpaired) electrons. The smallest absolute Gasteiger partial charge is 0.251 e. The number of rotatable bonds is 3. The summed E-state index contributed by atoms with van der Waals surface area (Å²) in [6, 6.07) is 0.205. The molecule has 2 aliphatic rings. The predicted octanol–water partition coefficient (Wildman–Crippen LogP) is 1.88. The first-order valence-electron chi connectivity index (χ1n) is 5.88. The lowest BCUT2D eigenvalue weighted by Crippen LogP contribution is -2.41. The van der Waals surface area contributed by atoms with Gasteiger partial charge in [0.25, 0.3) is 6.43 Å². The van der Waals surface area contributed by atoms with Gasteiger partial charge in [-0.05, 0) is 32.2 Å². The third-order valence-corrected chi connectivity index (χ3v) is 3.81. The van der Waals surface area contributed by atoms with Crippen molar-refractivity contribution in [2.75, 3.05) is 13.1 Å². The number of nitrogens with zero attached hydrogens (tertiary/aromatic N) is 1. The van der Waals surface area contributed by atoms with Crippen molar-refractivity contribution in [2.45, 2.75) is 50.7 Å².